The van der Waals surface area contributed by atoms with Gasteiger partial charge in [-0.3, -0.25) is 14.4 Å². The second kappa shape index (κ2) is 12.3. The molecule has 9 heteroatoms. The summed E-state index contributed by atoms with van der Waals surface area (Å²) in [6.45, 7) is 6.02. The van der Waals surface area contributed by atoms with Crippen LogP contribution in [0.4, 0.5) is 5.82 Å². The second-order valence-corrected chi connectivity index (χ2v) is 8.97. The molecule has 0 fully saturated rings. The number of nitrogens with one attached hydrogen (secondary N) is 2. The summed E-state index contributed by atoms with van der Waals surface area (Å²) >= 11 is 6.03. The van der Waals surface area contributed by atoms with Crippen LogP contribution in [-0.2, 0) is 19.1 Å². The molecule has 1 aromatic heterocycles. The third-order valence-electron chi connectivity index (χ3n) is 4.60. The number of rotatable bonds is 10. The maximum absolute atomic E-state index is 13.3. The van der Waals surface area contributed by atoms with E-state index < -0.39 is 11.6 Å². The highest BCUT2D eigenvalue weighted by Crippen LogP contribution is 2.25. The van der Waals surface area contributed by atoms with Crippen LogP contribution in [0.3, 0.4) is 0 Å². The number of pyridine rings is 1. The molecule has 0 bridgehead atoms. The first kappa shape index (κ1) is 26.3. The van der Waals surface area contributed by atoms with Gasteiger partial charge in [0.1, 0.15) is 11.9 Å². The summed E-state index contributed by atoms with van der Waals surface area (Å²) in [6.07, 6.45) is 1.44. The summed E-state index contributed by atoms with van der Waals surface area (Å²) in [5.41, 5.74) is 0.115. The predicted molar refractivity (Wildman–Crippen MR) is 128 cm³/mol. The number of benzene rings is 1. The van der Waals surface area contributed by atoms with E-state index in [0.29, 0.717) is 16.4 Å². The Labute approximate surface area is 199 Å². The maximum Gasteiger partial charge on any atom is 0.247 e. The smallest absolute Gasteiger partial charge is 0.247 e. The molecule has 8 nitrogen and oxygen atoms in total. The number of aromatic nitrogens is 1. The lowest BCUT2D eigenvalue weighted by Gasteiger charge is -2.33. The average molecular weight is 475 g/mol. The van der Waals surface area contributed by atoms with E-state index in [9.17, 15) is 14.4 Å². The molecule has 0 spiro atoms. The van der Waals surface area contributed by atoms with Gasteiger partial charge in [-0.15, -0.1) is 0 Å². The first-order valence-electron chi connectivity index (χ1n) is 10.7. The molecule has 178 valence electrons. The molecule has 0 aliphatic carbocycles. The first-order chi connectivity index (χ1) is 15.6. The molecule has 0 radical (unpaired) electrons. The number of amides is 3. The molecule has 1 atom stereocenters. The quantitative estimate of drug-likeness (QED) is 0.548. The van der Waals surface area contributed by atoms with Crippen molar-refractivity contribution in [1.82, 2.24) is 15.2 Å². The minimum absolute atomic E-state index is 0.0485. The van der Waals surface area contributed by atoms with Gasteiger partial charge in [-0.05, 0) is 50.6 Å². The van der Waals surface area contributed by atoms with Crippen molar-refractivity contribution in [3.63, 3.8) is 0 Å². The Morgan fingerprint density at radius 2 is 1.79 bits per heavy atom. The maximum atomic E-state index is 13.3. The van der Waals surface area contributed by atoms with E-state index in [-0.39, 0.29) is 43.7 Å². The number of halogens is 1. The van der Waals surface area contributed by atoms with E-state index in [1.54, 1.807) is 48.7 Å². The Kier molecular flexibility index (Phi) is 9.81. The third-order valence-corrected chi connectivity index (χ3v) is 4.85. The van der Waals surface area contributed by atoms with Crippen LogP contribution in [-0.4, -0.2) is 53.4 Å². The van der Waals surface area contributed by atoms with Crippen molar-refractivity contribution in [1.29, 1.82) is 0 Å². The molecule has 1 heterocycles. The van der Waals surface area contributed by atoms with Crippen LogP contribution in [0.1, 0.15) is 45.2 Å². The van der Waals surface area contributed by atoms with E-state index >= 15 is 0 Å². The first-order valence-corrected chi connectivity index (χ1v) is 11.1. The number of carbonyl (C=O) groups is 3. The van der Waals surface area contributed by atoms with Crippen LogP contribution in [0, 0.1) is 0 Å². The summed E-state index contributed by atoms with van der Waals surface area (Å²) < 4.78 is 5.18. The Hall–Kier alpha value is -2.97. The van der Waals surface area contributed by atoms with Crippen LogP contribution in [0.15, 0.2) is 48.7 Å². The Balaban J connectivity index is 2.23. The van der Waals surface area contributed by atoms with Gasteiger partial charge in [0, 0.05) is 43.3 Å². The SMILES string of the molecule is COCCN(C(=O)CCC(=O)Nc1ccccn1)C(C(=O)NC(C)(C)C)c1ccc(Cl)cc1. The predicted octanol–water partition coefficient (Wildman–Crippen LogP) is 3.58. The molecule has 1 aromatic carbocycles. The highest BCUT2D eigenvalue weighted by molar-refractivity contribution is 6.30. The summed E-state index contributed by atoms with van der Waals surface area (Å²) in [7, 11) is 1.52. The summed E-state index contributed by atoms with van der Waals surface area (Å²) in [4.78, 5) is 44.3. The fourth-order valence-corrected chi connectivity index (χ4v) is 3.28. The number of hydrogen-bond donors (Lipinski definition) is 2. The topological polar surface area (TPSA) is 101 Å². The van der Waals surface area contributed by atoms with Crippen molar-refractivity contribution in [2.24, 2.45) is 0 Å². The molecule has 3 amide bonds. The zero-order valence-corrected chi connectivity index (χ0v) is 20.2. The molecular weight excluding hydrogens is 444 g/mol. The molecule has 33 heavy (non-hydrogen) atoms. The van der Waals surface area contributed by atoms with Crippen molar-refractivity contribution in [2.45, 2.75) is 45.2 Å². The molecule has 0 saturated carbocycles. The minimum Gasteiger partial charge on any atom is -0.383 e. The molecule has 2 N–H and O–H groups in total. The lowest BCUT2D eigenvalue weighted by atomic mass is 10.0. The van der Waals surface area contributed by atoms with Crippen LogP contribution in [0.25, 0.3) is 0 Å². The van der Waals surface area contributed by atoms with Gasteiger partial charge in [0.05, 0.1) is 6.61 Å². The monoisotopic (exact) mass is 474 g/mol. The van der Waals surface area contributed by atoms with E-state index in [1.165, 1.54) is 12.0 Å². The molecule has 2 rings (SSSR count). The zero-order valence-electron chi connectivity index (χ0n) is 19.4. The zero-order chi connectivity index (χ0) is 24.4. The largest absolute Gasteiger partial charge is 0.383 e. The van der Waals surface area contributed by atoms with Crippen molar-refractivity contribution >= 4 is 35.1 Å². The normalized spacial score (nSPS) is 12.0. The van der Waals surface area contributed by atoms with Crippen molar-refractivity contribution in [2.75, 3.05) is 25.6 Å². The Morgan fingerprint density at radius 3 is 2.36 bits per heavy atom. The second-order valence-electron chi connectivity index (χ2n) is 8.54. The number of anilines is 1. The van der Waals surface area contributed by atoms with Crippen molar-refractivity contribution < 1.29 is 19.1 Å². The van der Waals surface area contributed by atoms with E-state index in [4.69, 9.17) is 16.3 Å². The highest BCUT2D eigenvalue weighted by atomic mass is 35.5. The number of ether oxygens (including phenoxy) is 1. The van der Waals surface area contributed by atoms with Gasteiger partial charge in [0.2, 0.25) is 17.7 Å². The standard InChI is InChI=1S/C24H31ClN4O4/c1-24(2,3)28-23(32)22(17-8-10-18(25)11-9-17)29(15-16-33-4)21(31)13-12-20(30)27-19-7-5-6-14-26-19/h5-11,14,22H,12-13,15-16H2,1-4H3,(H,28,32)(H,26,27,30). The van der Waals surface area contributed by atoms with Gasteiger partial charge in [-0.25, -0.2) is 4.98 Å². The van der Waals surface area contributed by atoms with Crippen LogP contribution in [0.2, 0.25) is 5.02 Å². The van der Waals surface area contributed by atoms with Gasteiger partial charge < -0.3 is 20.3 Å². The van der Waals surface area contributed by atoms with Crippen LogP contribution in [0.5, 0.6) is 0 Å². The minimum atomic E-state index is -0.900. The summed E-state index contributed by atoms with van der Waals surface area (Å²) in [6, 6.07) is 11.0. The number of carbonyl (C=O) groups excluding carboxylic acids is 3. The lowest BCUT2D eigenvalue weighted by Crippen LogP contribution is -2.50. The van der Waals surface area contributed by atoms with E-state index in [0.717, 1.165) is 0 Å². The molecule has 0 saturated heterocycles. The fraction of sp³-hybridized carbons (Fsp3) is 0.417. The van der Waals surface area contributed by atoms with E-state index in [1.807, 2.05) is 20.8 Å². The molecule has 0 aliphatic rings. The number of hydrogen-bond acceptors (Lipinski definition) is 5. The average Bonchev–Trinajstić information content (AvgIpc) is 2.75. The van der Waals surface area contributed by atoms with Crippen molar-refractivity contribution in [3.05, 3.63) is 59.2 Å². The van der Waals surface area contributed by atoms with Crippen molar-refractivity contribution in [3.8, 4) is 0 Å². The molecule has 1 unspecified atom stereocenters. The van der Waals surface area contributed by atoms with Gasteiger partial charge in [0.15, 0.2) is 0 Å². The van der Waals surface area contributed by atoms with Gasteiger partial charge in [-0.1, -0.05) is 29.8 Å². The molecule has 0 aliphatic heterocycles. The van der Waals surface area contributed by atoms with E-state index in [2.05, 4.69) is 15.6 Å². The summed E-state index contributed by atoms with van der Waals surface area (Å²) in [5, 5.41) is 6.13. The molecular formula is C24H31ClN4O4. The Morgan fingerprint density at radius 1 is 1.09 bits per heavy atom. The third kappa shape index (κ3) is 8.82. The lowest BCUT2D eigenvalue weighted by molar-refractivity contribution is -0.142. The Bertz CT molecular complexity index is 930. The van der Waals surface area contributed by atoms with Crippen LogP contribution >= 0.6 is 11.6 Å². The summed E-state index contributed by atoms with van der Waals surface area (Å²) in [5.74, 6) is -0.592. The van der Waals surface area contributed by atoms with Crippen LogP contribution < -0.4 is 10.6 Å². The number of methoxy groups -OCH3 is 1. The molecule has 2 aromatic rings. The van der Waals surface area contributed by atoms with Gasteiger partial charge >= 0.3 is 0 Å². The highest BCUT2D eigenvalue weighted by Gasteiger charge is 2.33. The number of nitrogens with zero attached hydrogens (tertiary/aromatic N) is 2. The fourth-order valence-electron chi connectivity index (χ4n) is 3.15. The van der Waals surface area contributed by atoms with Gasteiger partial charge in [-0.2, -0.15) is 0 Å². The van der Waals surface area contributed by atoms with Gasteiger partial charge in [0.25, 0.3) is 0 Å².